The Labute approximate surface area is 114 Å². The molecular formula is C10H6ClLiN2O3. The van der Waals surface area contributed by atoms with Crippen LogP contribution >= 0.6 is 11.6 Å². The number of carboxylic acids is 1. The van der Waals surface area contributed by atoms with E-state index < -0.39 is 11.8 Å². The fourth-order valence-corrected chi connectivity index (χ4v) is 1.31. The van der Waals surface area contributed by atoms with Crippen molar-refractivity contribution in [2.24, 2.45) is 0 Å². The zero-order valence-electron chi connectivity index (χ0n) is 9.01. The van der Waals surface area contributed by atoms with Crippen molar-refractivity contribution in [1.82, 2.24) is 10.1 Å². The largest absolute Gasteiger partial charge is 1.00 e. The minimum atomic E-state index is -1.45. The van der Waals surface area contributed by atoms with Crippen molar-refractivity contribution in [2.45, 2.75) is 6.42 Å². The van der Waals surface area contributed by atoms with Crippen LogP contribution in [0.3, 0.4) is 0 Å². The Morgan fingerprint density at radius 1 is 1.35 bits per heavy atom. The van der Waals surface area contributed by atoms with Crippen molar-refractivity contribution >= 4 is 17.6 Å². The maximum Gasteiger partial charge on any atom is 1.00 e. The van der Waals surface area contributed by atoms with Crippen LogP contribution in [0.1, 0.15) is 22.1 Å². The van der Waals surface area contributed by atoms with E-state index in [0.29, 0.717) is 11.4 Å². The summed E-state index contributed by atoms with van der Waals surface area (Å²) >= 11 is 5.72. The number of carboxylic acid groups (broad SMARTS) is 1. The summed E-state index contributed by atoms with van der Waals surface area (Å²) in [7, 11) is 0. The molecule has 0 aliphatic heterocycles. The van der Waals surface area contributed by atoms with Gasteiger partial charge in [0, 0.05) is 5.02 Å². The number of halogens is 1. The van der Waals surface area contributed by atoms with Crippen LogP contribution in [0.5, 0.6) is 0 Å². The van der Waals surface area contributed by atoms with Crippen LogP contribution in [0, 0.1) is 0 Å². The fourth-order valence-electron chi connectivity index (χ4n) is 1.19. The zero-order chi connectivity index (χ0) is 11.5. The molecule has 2 aromatic rings. The molecule has 0 amide bonds. The van der Waals surface area contributed by atoms with Gasteiger partial charge in [0.1, 0.15) is 5.97 Å². The number of carbonyl (C=O) groups is 1. The van der Waals surface area contributed by atoms with E-state index in [-0.39, 0.29) is 24.8 Å². The standard InChI is InChI=1S/C10H7ClN2O3.Li/c11-7-3-1-6(2-4-7)5-8-12-9(10(14)15)13-16-8;/h1-4H,5H2,(H,14,15);/q;+1/p-1. The molecular weight excluding hydrogens is 239 g/mol. The molecule has 17 heavy (non-hydrogen) atoms. The van der Waals surface area contributed by atoms with Crippen molar-refractivity contribution in [3.05, 3.63) is 46.6 Å². The van der Waals surface area contributed by atoms with Gasteiger partial charge in [0.05, 0.1) is 6.42 Å². The van der Waals surface area contributed by atoms with Gasteiger partial charge in [-0.1, -0.05) is 28.9 Å². The Hall–Kier alpha value is -1.28. The summed E-state index contributed by atoms with van der Waals surface area (Å²) in [6, 6.07) is 7.05. The average molecular weight is 245 g/mol. The Morgan fingerprint density at radius 3 is 2.53 bits per heavy atom. The Morgan fingerprint density at radius 2 is 2.00 bits per heavy atom. The van der Waals surface area contributed by atoms with E-state index >= 15 is 0 Å². The quantitative estimate of drug-likeness (QED) is 0.567. The molecule has 0 bridgehead atoms. The molecule has 7 heteroatoms. The maximum atomic E-state index is 10.4. The molecule has 1 heterocycles. The topological polar surface area (TPSA) is 79.0 Å². The Kier molecular flexibility index (Phi) is 4.76. The monoisotopic (exact) mass is 244 g/mol. The molecule has 0 aliphatic rings. The predicted octanol–water partition coefficient (Wildman–Crippen LogP) is -2.32. The van der Waals surface area contributed by atoms with Gasteiger partial charge in [0.15, 0.2) is 0 Å². The molecule has 1 aromatic carbocycles. The first-order chi connectivity index (χ1) is 7.65. The fraction of sp³-hybridized carbons (Fsp3) is 0.100. The van der Waals surface area contributed by atoms with E-state index in [4.69, 9.17) is 16.1 Å². The van der Waals surface area contributed by atoms with E-state index in [1.165, 1.54) is 0 Å². The first kappa shape index (κ1) is 13.8. The molecule has 0 saturated heterocycles. The SMILES string of the molecule is O=C([O-])c1noc(Cc2ccc(Cl)cc2)n1.[Li+]. The summed E-state index contributed by atoms with van der Waals surface area (Å²) in [6.45, 7) is 0. The van der Waals surface area contributed by atoms with Crippen LogP contribution in [0.15, 0.2) is 28.8 Å². The molecule has 0 saturated carbocycles. The maximum absolute atomic E-state index is 10.4. The van der Waals surface area contributed by atoms with Gasteiger partial charge in [0.2, 0.25) is 11.7 Å². The molecule has 1 aromatic heterocycles. The van der Waals surface area contributed by atoms with Gasteiger partial charge in [-0.15, -0.1) is 0 Å². The summed E-state index contributed by atoms with van der Waals surface area (Å²) in [4.78, 5) is 14.1. The first-order valence-electron chi connectivity index (χ1n) is 4.43. The normalized spacial score (nSPS) is 9.71. The van der Waals surface area contributed by atoms with Gasteiger partial charge >= 0.3 is 18.9 Å². The summed E-state index contributed by atoms with van der Waals surface area (Å²) in [6.07, 6.45) is 0.359. The Bertz CT molecular complexity index is 513. The van der Waals surface area contributed by atoms with Crippen molar-refractivity contribution in [3.63, 3.8) is 0 Å². The molecule has 82 valence electrons. The molecule has 0 radical (unpaired) electrons. The van der Waals surface area contributed by atoms with Crippen molar-refractivity contribution in [2.75, 3.05) is 0 Å². The van der Waals surface area contributed by atoms with Crippen LogP contribution < -0.4 is 24.0 Å². The second-order valence-electron chi connectivity index (χ2n) is 3.10. The number of aromatic nitrogens is 2. The molecule has 0 atom stereocenters. The second-order valence-corrected chi connectivity index (χ2v) is 3.54. The van der Waals surface area contributed by atoms with E-state index in [9.17, 15) is 9.90 Å². The van der Waals surface area contributed by atoms with Gasteiger partial charge in [-0.25, -0.2) is 0 Å². The van der Waals surface area contributed by atoms with Crippen molar-refractivity contribution < 1.29 is 33.3 Å². The van der Waals surface area contributed by atoms with Gasteiger partial charge in [-0.3, -0.25) is 0 Å². The van der Waals surface area contributed by atoms with Crippen molar-refractivity contribution in [1.29, 1.82) is 0 Å². The summed E-state index contributed by atoms with van der Waals surface area (Å²) in [5, 5.41) is 14.3. The molecule has 0 N–H and O–H groups in total. The van der Waals surface area contributed by atoms with Crippen molar-refractivity contribution in [3.8, 4) is 0 Å². The first-order valence-corrected chi connectivity index (χ1v) is 4.81. The molecule has 2 rings (SSSR count). The third kappa shape index (κ3) is 3.60. The summed E-state index contributed by atoms with van der Waals surface area (Å²) in [5.74, 6) is -1.67. The predicted molar refractivity (Wildman–Crippen MR) is 52.9 cm³/mol. The van der Waals surface area contributed by atoms with Crippen LogP contribution in [0.25, 0.3) is 0 Å². The van der Waals surface area contributed by atoms with Gasteiger partial charge in [-0.2, -0.15) is 4.98 Å². The Balaban J connectivity index is 0.00000144. The molecule has 0 aliphatic carbocycles. The number of nitrogens with zero attached hydrogens (tertiary/aromatic N) is 2. The smallest absolute Gasteiger partial charge is 0.541 e. The number of hydrogen-bond donors (Lipinski definition) is 0. The third-order valence-corrected chi connectivity index (χ3v) is 2.17. The van der Waals surface area contributed by atoms with E-state index in [1.54, 1.807) is 24.3 Å². The van der Waals surface area contributed by atoms with E-state index in [0.717, 1.165) is 5.56 Å². The minimum Gasteiger partial charge on any atom is -0.541 e. The average Bonchev–Trinajstić information content (AvgIpc) is 2.70. The van der Waals surface area contributed by atoms with Gasteiger partial charge in [-0.05, 0) is 17.7 Å². The van der Waals surface area contributed by atoms with E-state index in [1.807, 2.05) is 0 Å². The van der Waals surface area contributed by atoms with Gasteiger partial charge in [0.25, 0.3) is 0 Å². The number of carbonyl (C=O) groups excluding carboxylic acids is 1. The van der Waals surface area contributed by atoms with Crippen LogP contribution in [0.4, 0.5) is 0 Å². The van der Waals surface area contributed by atoms with Gasteiger partial charge < -0.3 is 14.4 Å². The van der Waals surface area contributed by atoms with Crippen LogP contribution in [-0.4, -0.2) is 16.1 Å². The minimum absolute atomic E-state index is 0. The molecule has 0 spiro atoms. The van der Waals surface area contributed by atoms with Crippen LogP contribution in [0.2, 0.25) is 5.02 Å². The van der Waals surface area contributed by atoms with E-state index in [2.05, 4.69) is 10.1 Å². The second kappa shape index (κ2) is 5.87. The van der Waals surface area contributed by atoms with Crippen LogP contribution in [-0.2, 0) is 6.42 Å². The number of benzene rings is 1. The molecule has 0 unspecified atom stereocenters. The number of aromatic carboxylic acids is 1. The third-order valence-electron chi connectivity index (χ3n) is 1.92. The molecule has 0 fully saturated rings. The molecule has 5 nitrogen and oxygen atoms in total. The summed E-state index contributed by atoms with van der Waals surface area (Å²) < 4.78 is 4.75. The number of hydrogen-bond acceptors (Lipinski definition) is 5. The summed E-state index contributed by atoms with van der Waals surface area (Å²) in [5.41, 5.74) is 0.901. The number of rotatable bonds is 3. The zero-order valence-corrected chi connectivity index (χ0v) is 9.77.